The number of dihydropyridines is 1. The first-order valence-corrected chi connectivity index (χ1v) is 9.76. The lowest BCUT2D eigenvalue weighted by atomic mass is 9.78. The molecule has 160 valence electrons. The van der Waals surface area contributed by atoms with Crippen molar-refractivity contribution in [1.29, 1.82) is 0 Å². The monoisotopic (exact) mass is 413 g/mol. The van der Waals surface area contributed by atoms with E-state index in [-0.39, 0.29) is 18.8 Å². The van der Waals surface area contributed by atoms with Crippen LogP contribution in [0.5, 0.6) is 0 Å². The maximum Gasteiger partial charge on any atom is 0.336 e. The van der Waals surface area contributed by atoms with E-state index in [9.17, 15) is 19.5 Å². The van der Waals surface area contributed by atoms with Gasteiger partial charge in [-0.25, -0.2) is 14.4 Å². The molecule has 1 aliphatic heterocycles. The zero-order valence-electron chi connectivity index (χ0n) is 17.9. The van der Waals surface area contributed by atoms with Crippen LogP contribution in [0.1, 0.15) is 51.7 Å². The molecule has 0 spiro atoms. The second-order valence-electron chi connectivity index (χ2n) is 6.84. The van der Waals surface area contributed by atoms with E-state index < -0.39 is 23.8 Å². The quantitative estimate of drug-likeness (QED) is 0.521. The number of allylic oxidation sites excluding steroid dienone is 2. The molecule has 30 heavy (non-hydrogen) atoms. The van der Waals surface area contributed by atoms with Gasteiger partial charge in [-0.15, -0.1) is 0 Å². The third-order valence-electron chi connectivity index (χ3n) is 4.77. The van der Waals surface area contributed by atoms with Gasteiger partial charge in [-0.1, -0.05) is 24.3 Å². The Labute approximate surface area is 176 Å². The minimum atomic E-state index is -1.05. The van der Waals surface area contributed by atoms with Gasteiger partial charge in [0.2, 0.25) is 0 Å². The van der Waals surface area contributed by atoms with Gasteiger partial charge in [0.25, 0.3) is 0 Å². The molecule has 0 aromatic heterocycles. The zero-order valence-corrected chi connectivity index (χ0v) is 17.9. The Bertz CT molecular complexity index is 914. The fourth-order valence-corrected chi connectivity index (χ4v) is 3.46. The smallest absolute Gasteiger partial charge is 0.336 e. The van der Waals surface area contributed by atoms with Gasteiger partial charge in [0.05, 0.1) is 30.3 Å². The van der Waals surface area contributed by atoms with Gasteiger partial charge in [0, 0.05) is 17.0 Å². The van der Waals surface area contributed by atoms with E-state index in [1.54, 1.807) is 52.0 Å². The number of ether oxygens (including phenoxy) is 2. The number of rotatable bonds is 7. The number of carbonyl (C=O) groups excluding carboxylic acids is 2. The van der Waals surface area contributed by atoms with Crippen LogP contribution in [0, 0.1) is 0 Å². The van der Waals surface area contributed by atoms with Crippen LogP contribution in [0.15, 0.2) is 52.4 Å². The van der Waals surface area contributed by atoms with Crippen LogP contribution in [-0.4, -0.2) is 36.2 Å². The first-order chi connectivity index (χ1) is 14.2. The van der Waals surface area contributed by atoms with Crippen molar-refractivity contribution in [1.82, 2.24) is 5.32 Å². The zero-order chi connectivity index (χ0) is 22.4. The van der Waals surface area contributed by atoms with Crippen LogP contribution in [0.2, 0.25) is 0 Å². The van der Waals surface area contributed by atoms with Gasteiger partial charge >= 0.3 is 17.9 Å². The third-order valence-corrected chi connectivity index (χ3v) is 4.77. The largest absolute Gasteiger partial charge is 0.478 e. The predicted molar refractivity (Wildman–Crippen MR) is 112 cm³/mol. The maximum atomic E-state index is 12.9. The normalized spacial score (nSPS) is 15.0. The van der Waals surface area contributed by atoms with Gasteiger partial charge in [-0.3, -0.25) is 0 Å². The SMILES string of the molecule is CCOC(=O)C1=C(C)NC(C)=C(C(=O)OCC)C1c1ccccc1/C=C(/C)C(=O)O. The highest BCUT2D eigenvalue weighted by Gasteiger charge is 2.38. The summed E-state index contributed by atoms with van der Waals surface area (Å²) in [5.41, 5.74) is 3.06. The number of carboxylic acids is 1. The maximum absolute atomic E-state index is 12.9. The Morgan fingerprint density at radius 3 is 1.97 bits per heavy atom. The molecule has 0 amide bonds. The first kappa shape index (κ1) is 22.9. The Kier molecular flexibility index (Phi) is 7.58. The standard InChI is InChI=1S/C23H27NO6/c1-6-29-22(27)18-14(4)24-15(5)19(23(28)30-7-2)20(18)17-11-9-8-10-16(17)12-13(3)21(25)26/h8-12,20,24H,6-7H2,1-5H3,(H,25,26)/b13-12-. The molecule has 2 N–H and O–H groups in total. The Morgan fingerprint density at radius 1 is 1.00 bits per heavy atom. The number of nitrogens with one attached hydrogen (secondary N) is 1. The predicted octanol–water partition coefficient (Wildman–Crippen LogP) is 3.54. The third kappa shape index (κ3) is 4.79. The molecule has 0 atom stereocenters. The number of hydrogen-bond acceptors (Lipinski definition) is 6. The van der Waals surface area contributed by atoms with E-state index in [2.05, 4.69) is 5.32 Å². The highest BCUT2D eigenvalue weighted by Crippen LogP contribution is 2.41. The van der Waals surface area contributed by atoms with Crippen molar-refractivity contribution in [2.45, 2.75) is 40.5 Å². The van der Waals surface area contributed by atoms with Crippen molar-refractivity contribution in [2.24, 2.45) is 0 Å². The molecule has 1 aliphatic rings. The van der Waals surface area contributed by atoms with Gasteiger partial charge < -0.3 is 19.9 Å². The lowest BCUT2D eigenvalue weighted by molar-refractivity contribution is -0.139. The molecule has 0 fully saturated rings. The molecule has 0 radical (unpaired) electrons. The molecule has 2 rings (SSSR count). The number of benzene rings is 1. The van der Waals surface area contributed by atoms with Gasteiger partial charge in [0.1, 0.15) is 0 Å². The lowest BCUT2D eigenvalue weighted by Crippen LogP contribution is -2.32. The number of aliphatic carboxylic acids is 1. The molecule has 1 heterocycles. The van der Waals surface area contributed by atoms with Crippen LogP contribution < -0.4 is 5.32 Å². The molecular formula is C23H27NO6. The highest BCUT2D eigenvalue weighted by atomic mass is 16.5. The van der Waals surface area contributed by atoms with Crippen molar-refractivity contribution in [3.63, 3.8) is 0 Å². The summed E-state index contributed by atoms with van der Waals surface area (Å²) >= 11 is 0. The molecule has 0 unspecified atom stereocenters. The van der Waals surface area contributed by atoms with Crippen molar-refractivity contribution >= 4 is 24.0 Å². The van der Waals surface area contributed by atoms with Crippen LogP contribution in [0.4, 0.5) is 0 Å². The molecule has 0 bridgehead atoms. The number of carbonyl (C=O) groups is 3. The number of hydrogen-bond donors (Lipinski definition) is 2. The average Bonchev–Trinajstić information content (AvgIpc) is 2.67. The van der Waals surface area contributed by atoms with E-state index in [0.29, 0.717) is 33.7 Å². The van der Waals surface area contributed by atoms with E-state index in [1.165, 1.54) is 13.0 Å². The van der Waals surface area contributed by atoms with Gasteiger partial charge in [0.15, 0.2) is 0 Å². The van der Waals surface area contributed by atoms with Crippen LogP contribution in [0.3, 0.4) is 0 Å². The summed E-state index contributed by atoms with van der Waals surface area (Å²) in [6, 6.07) is 7.07. The number of esters is 2. The molecule has 1 aromatic carbocycles. The minimum absolute atomic E-state index is 0.133. The van der Waals surface area contributed by atoms with Crippen molar-refractivity contribution in [3.8, 4) is 0 Å². The van der Waals surface area contributed by atoms with E-state index in [0.717, 1.165) is 0 Å². The molecular weight excluding hydrogens is 386 g/mol. The summed E-state index contributed by atoms with van der Waals surface area (Å²) in [4.78, 5) is 37.1. The summed E-state index contributed by atoms with van der Waals surface area (Å²) in [7, 11) is 0. The molecule has 0 aliphatic carbocycles. The summed E-state index contributed by atoms with van der Waals surface area (Å²) in [6.07, 6.45) is 1.52. The topological polar surface area (TPSA) is 102 Å². The van der Waals surface area contributed by atoms with Crippen molar-refractivity contribution in [2.75, 3.05) is 13.2 Å². The molecule has 1 aromatic rings. The molecule has 0 saturated carbocycles. The number of carboxylic acid groups (broad SMARTS) is 1. The van der Waals surface area contributed by atoms with Crippen molar-refractivity contribution in [3.05, 3.63) is 63.5 Å². The Morgan fingerprint density at radius 2 is 1.50 bits per heavy atom. The molecule has 7 heteroatoms. The van der Waals surface area contributed by atoms with Crippen molar-refractivity contribution < 1.29 is 29.0 Å². The van der Waals surface area contributed by atoms with Gasteiger partial charge in [-0.2, -0.15) is 0 Å². The lowest BCUT2D eigenvalue weighted by Gasteiger charge is -2.31. The van der Waals surface area contributed by atoms with Crippen LogP contribution in [0.25, 0.3) is 6.08 Å². The Hall–Kier alpha value is -3.35. The average molecular weight is 413 g/mol. The van der Waals surface area contributed by atoms with Crippen LogP contribution >= 0.6 is 0 Å². The Balaban J connectivity index is 2.78. The summed E-state index contributed by atoms with van der Waals surface area (Å²) < 4.78 is 10.5. The first-order valence-electron chi connectivity index (χ1n) is 9.76. The van der Waals surface area contributed by atoms with E-state index in [4.69, 9.17) is 9.47 Å². The second kappa shape index (κ2) is 9.91. The summed E-state index contributed by atoms with van der Waals surface area (Å²) in [5, 5.41) is 12.4. The van der Waals surface area contributed by atoms with E-state index >= 15 is 0 Å². The summed E-state index contributed by atoms with van der Waals surface area (Å²) in [5.74, 6) is -2.91. The fourth-order valence-electron chi connectivity index (χ4n) is 3.46. The fraction of sp³-hybridized carbons (Fsp3) is 0.348. The molecule has 7 nitrogen and oxygen atoms in total. The second-order valence-corrected chi connectivity index (χ2v) is 6.84. The van der Waals surface area contributed by atoms with E-state index in [1.807, 2.05) is 0 Å². The molecule has 0 saturated heterocycles. The summed E-state index contributed by atoms with van der Waals surface area (Å²) in [6.45, 7) is 8.75. The van der Waals surface area contributed by atoms with Crippen LogP contribution in [-0.2, 0) is 23.9 Å². The van der Waals surface area contributed by atoms with Gasteiger partial charge in [-0.05, 0) is 51.8 Å². The minimum Gasteiger partial charge on any atom is -0.478 e. The highest BCUT2D eigenvalue weighted by molar-refractivity contribution is 6.00.